The van der Waals surface area contributed by atoms with Crippen LogP contribution in [0, 0.1) is 5.92 Å². The zero-order valence-electron chi connectivity index (χ0n) is 18.8. The molecule has 0 bridgehead atoms. The molecule has 0 saturated heterocycles. The first-order chi connectivity index (χ1) is 14.0. The van der Waals surface area contributed by atoms with Crippen molar-refractivity contribution in [3.8, 4) is 0 Å². The Bertz CT molecular complexity index is 679. The second-order valence-electron chi connectivity index (χ2n) is 7.74. The van der Waals surface area contributed by atoms with Crippen LogP contribution in [-0.2, 0) is 24.3 Å². The average Bonchev–Trinajstić information content (AvgIpc) is 3.09. The topological polar surface area (TPSA) is 79.6 Å². The molecule has 2 unspecified atom stereocenters. The highest BCUT2D eigenvalue weighted by Crippen LogP contribution is 2.14. The quantitative estimate of drug-likeness (QED) is 0.197. The van der Waals surface area contributed by atoms with Crippen LogP contribution in [0.5, 0.6) is 0 Å². The Kier molecular flexibility index (Phi) is 12.2. The lowest BCUT2D eigenvalue weighted by Gasteiger charge is -2.34. The summed E-state index contributed by atoms with van der Waals surface area (Å²) in [7, 11) is 3.47. The van der Waals surface area contributed by atoms with Gasteiger partial charge in [0.2, 0.25) is 0 Å². The molecule has 9 heteroatoms. The van der Waals surface area contributed by atoms with Crippen molar-refractivity contribution in [3.63, 3.8) is 0 Å². The zero-order chi connectivity index (χ0) is 21.2. The molecule has 2 atom stereocenters. The van der Waals surface area contributed by atoms with E-state index in [1.54, 1.807) is 7.11 Å². The lowest BCUT2D eigenvalue weighted by molar-refractivity contribution is 0.177. The van der Waals surface area contributed by atoms with Crippen molar-refractivity contribution in [1.29, 1.82) is 0 Å². The highest BCUT2D eigenvalue weighted by atomic mass is 127. The normalized spacial score (nSPS) is 17.3. The summed E-state index contributed by atoms with van der Waals surface area (Å²) in [6.45, 7) is 16.0. The molecular weight excluding hydrogens is 493 g/mol. The predicted octanol–water partition coefficient (Wildman–Crippen LogP) is 2.22. The van der Waals surface area contributed by atoms with Crippen molar-refractivity contribution >= 4 is 29.9 Å². The number of fused-ring (bicyclic) bond motifs is 1. The van der Waals surface area contributed by atoms with E-state index in [-0.39, 0.29) is 30.0 Å². The fourth-order valence-electron chi connectivity index (χ4n) is 3.72. The lowest BCUT2D eigenvalue weighted by Crippen LogP contribution is -2.52. The Hall–Kier alpha value is -1.46. The van der Waals surface area contributed by atoms with Gasteiger partial charge in [0.15, 0.2) is 11.8 Å². The number of nitrogens with one attached hydrogen (secondary N) is 2. The number of hydrogen-bond donors (Lipinski definition) is 2. The number of aliphatic imine (C=N–C) groups is 1. The van der Waals surface area contributed by atoms with E-state index in [0.29, 0.717) is 18.6 Å². The van der Waals surface area contributed by atoms with Gasteiger partial charge >= 0.3 is 0 Å². The van der Waals surface area contributed by atoms with Crippen LogP contribution in [0.25, 0.3) is 0 Å². The van der Waals surface area contributed by atoms with Gasteiger partial charge in [-0.15, -0.1) is 37.1 Å². The van der Waals surface area contributed by atoms with Gasteiger partial charge in [0, 0.05) is 52.3 Å². The largest absolute Gasteiger partial charge is 0.377 e. The molecule has 1 aliphatic rings. The molecule has 8 nitrogen and oxygen atoms in total. The molecule has 30 heavy (non-hydrogen) atoms. The predicted molar refractivity (Wildman–Crippen MR) is 133 cm³/mol. The molecule has 0 aliphatic carbocycles. The van der Waals surface area contributed by atoms with Gasteiger partial charge in [0.1, 0.15) is 12.4 Å². The van der Waals surface area contributed by atoms with Crippen molar-refractivity contribution in [2.45, 2.75) is 51.9 Å². The molecular formula is C21H38IN7O. The van der Waals surface area contributed by atoms with E-state index in [2.05, 4.69) is 57.6 Å². The number of nitrogens with zero attached hydrogens (tertiary/aromatic N) is 5. The zero-order valence-corrected chi connectivity index (χ0v) is 21.1. The van der Waals surface area contributed by atoms with Gasteiger partial charge in [0.25, 0.3) is 0 Å². The Morgan fingerprint density at radius 3 is 2.63 bits per heavy atom. The molecule has 1 aliphatic heterocycles. The summed E-state index contributed by atoms with van der Waals surface area (Å²) in [5.74, 6) is 3.09. The fraction of sp³-hybridized carbons (Fsp3) is 0.667. The second-order valence-corrected chi connectivity index (χ2v) is 7.74. The Balaban J connectivity index is 0.00000450. The third kappa shape index (κ3) is 7.66. The van der Waals surface area contributed by atoms with Crippen molar-refractivity contribution < 1.29 is 4.74 Å². The molecule has 2 N–H and O–H groups in total. The van der Waals surface area contributed by atoms with E-state index in [4.69, 9.17) is 4.74 Å². The van der Waals surface area contributed by atoms with Crippen LogP contribution in [-0.4, -0.2) is 71.5 Å². The van der Waals surface area contributed by atoms with Crippen LogP contribution < -0.4 is 10.6 Å². The minimum absolute atomic E-state index is 0. The maximum atomic E-state index is 5.14. The van der Waals surface area contributed by atoms with Crippen LogP contribution in [0.2, 0.25) is 0 Å². The summed E-state index contributed by atoms with van der Waals surface area (Å²) >= 11 is 0. The van der Waals surface area contributed by atoms with E-state index in [9.17, 15) is 0 Å². The molecule has 2 heterocycles. The maximum Gasteiger partial charge on any atom is 0.191 e. The summed E-state index contributed by atoms with van der Waals surface area (Å²) < 4.78 is 7.12. The van der Waals surface area contributed by atoms with Crippen LogP contribution >= 0.6 is 24.0 Å². The number of aryl methyl sites for hydroxylation is 1. The molecule has 0 radical (unpaired) electrons. The maximum absolute atomic E-state index is 5.14. The number of ether oxygens (including phenoxy) is 1. The first-order valence-electron chi connectivity index (χ1n) is 10.4. The number of halogens is 1. The van der Waals surface area contributed by atoms with Gasteiger partial charge in [-0.05, 0) is 12.3 Å². The third-order valence-corrected chi connectivity index (χ3v) is 5.18. The van der Waals surface area contributed by atoms with E-state index < -0.39 is 0 Å². The van der Waals surface area contributed by atoms with Crippen LogP contribution in [0.3, 0.4) is 0 Å². The van der Waals surface area contributed by atoms with E-state index in [1.807, 2.05) is 23.9 Å². The van der Waals surface area contributed by atoms with Gasteiger partial charge in [-0.3, -0.25) is 9.89 Å². The standard InChI is InChI=1S/C21H37N7O.HI/c1-7-11-27(12-8-2)18(16(3)4)13-23-21(22-5)24-17-9-10-20-25-19(15-29-6)26-28(20)14-17;/h7-8,16-18H,1-2,9-15H2,3-6H3,(H2,22,23,24);1H. The SMILES string of the molecule is C=CCN(CC=C)C(CNC(=NC)NC1CCc2nc(COC)nn2C1)C(C)C.I. The van der Waals surface area contributed by atoms with Crippen molar-refractivity contribution in [1.82, 2.24) is 30.3 Å². The van der Waals surface area contributed by atoms with Gasteiger partial charge in [-0.25, -0.2) is 9.67 Å². The van der Waals surface area contributed by atoms with Crippen molar-refractivity contribution in [3.05, 3.63) is 37.0 Å². The molecule has 1 aromatic rings. The monoisotopic (exact) mass is 531 g/mol. The summed E-state index contributed by atoms with van der Waals surface area (Å²) in [4.78, 5) is 11.3. The van der Waals surface area contributed by atoms with Gasteiger partial charge < -0.3 is 15.4 Å². The fourth-order valence-corrected chi connectivity index (χ4v) is 3.72. The van der Waals surface area contributed by atoms with Gasteiger partial charge in [0.05, 0.1) is 6.54 Å². The van der Waals surface area contributed by atoms with Gasteiger partial charge in [-0.2, -0.15) is 5.10 Å². The van der Waals surface area contributed by atoms with Crippen molar-refractivity contribution in [2.75, 3.05) is 33.8 Å². The highest BCUT2D eigenvalue weighted by Gasteiger charge is 2.24. The van der Waals surface area contributed by atoms with Crippen LogP contribution in [0.1, 0.15) is 31.9 Å². The summed E-state index contributed by atoms with van der Waals surface area (Å²) in [6, 6.07) is 0.621. The number of guanidine groups is 1. The molecule has 2 rings (SSSR count). The van der Waals surface area contributed by atoms with Gasteiger partial charge in [-0.1, -0.05) is 26.0 Å². The summed E-state index contributed by atoms with van der Waals surface area (Å²) in [5.41, 5.74) is 0. The van der Waals surface area contributed by atoms with E-state index >= 15 is 0 Å². The average molecular weight is 531 g/mol. The minimum atomic E-state index is 0. The molecule has 0 amide bonds. The first-order valence-corrected chi connectivity index (χ1v) is 10.4. The van der Waals surface area contributed by atoms with Crippen LogP contribution in [0.15, 0.2) is 30.3 Å². The summed E-state index contributed by atoms with van der Waals surface area (Å²) in [5, 5.41) is 11.6. The molecule has 0 saturated carbocycles. The third-order valence-electron chi connectivity index (χ3n) is 5.18. The molecule has 1 aromatic heterocycles. The minimum Gasteiger partial charge on any atom is -0.377 e. The number of hydrogen-bond acceptors (Lipinski definition) is 5. The first kappa shape index (κ1) is 26.6. The van der Waals surface area contributed by atoms with Crippen molar-refractivity contribution in [2.24, 2.45) is 10.9 Å². The molecule has 0 fully saturated rings. The van der Waals surface area contributed by atoms with Crippen LogP contribution in [0.4, 0.5) is 0 Å². The molecule has 0 aromatic carbocycles. The Labute approximate surface area is 198 Å². The van der Waals surface area contributed by atoms with E-state index in [0.717, 1.165) is 56.6 Å². The molecule has 0 spiro atoms. The number of methoxy groups -OCH3 is 1. The second kappa shape index (κ2) is 13.8. The van der Waals surface area contributed by atoms with E-state index in [1.165, 1.54) is 0 Å². The molecule has 170 valence electrons. The number of rotatable bonds is 11. The Morgan fingerprint density at radius 1 is 1.37 bits per heavy atom. The summed E-state index contributed by atoms with van der Waals surface area (Å²) in [6.07, 6.45) is 5.79. The Morgan fingerprint density at radius 2 is 2.07 bits per heavy atom. The smallest absolute Gasteiger partial charge is 0.191 e. The lowest BCUT2D eigenvalue weighted by atomic mass is 10.0. The highest BCUT2D eigenvalue weighted by molar-refractivity contribution is 14.0. The number of aromatic nitrogens is 3.